The maximum Gasteiger partial charge on any atom is 0.333 e. The standard InChI is InChI=1S/C54H68N2O4S2Si.C51H67NO3S2Si.I3/c1-6-10-14-18-34-59-45-30-26-43(27-31-45)56(44-28-32-46(33-29-44)60-35-19-15-11-7-2)42-24-22-41(23-25-42)49-40-51-53(62-49)52-50(39-47(61-52)38-48(55-5)54(57)58)63(51,36-20-16-12-8-3)37-21-17-13-9-4;1-5-9-13-17-33-54-44-29-25-42(26-30-44)52(43-27-31-45(32-28-43)55-34-18-14-10-6-2)41-23-21-40(22-24-41)47-38-49-51(57-47)50-48(37-46(39-53)56-50)58(49,35-19-15-11-7-3)36-20-16-12-8-4;1-3-2/h22-33,38-40H,6-21,34-37H2,1-4H3,(H,57,58);21-32,37-39H,5-20,33-36H2,1-4H3;/q;;-1/b48-38-;;. The van der Waals surface area contributed by atoms with Crippen molar-refractivity contribution in [3.05, 3.63) is 197 Å². The van der Waals surface area contributed by atoms with Gasteiger partial charge in [-0.05, 0) is 233 Å². The predicted molar refractivity (Wildman–Crippen MR) is 556 cm³/mol. The SMILES string of the molecule is CCCCCCOc1ccc(N(c2ccc(OCCCCCC)cc2)c2ccc(-c3cc4c(s3)-c3sc(C=O)cc3[Si]4(CCCCCC)CCCCCC)cc2)cc1.I[I-]I.[C-]#[N+]/C(=C\c1cc2c(s1)-c1sc(-c3ccc(N(c4ccc(OCCCCCC)cc4)c4ccc(OCCCCCC)cc4)cc3)cc1[Si]2(CCCCCC)CCCCCC)C(=O)O. The van der Waals surface area contributed by atoms with E-state index in [1.165, 1.54) is 250 Å². The second-order valence-electron chi connectivity index (χ2n) is 33.4. The average molecular weight is 2120 g/mol. The summed E-state index contributed by atoms with van der Waals surface area (Å²) >= 11 is 12.6. The normalized spacial score (nSPS) is 12.6. The van der Waals surface area contributed by atoms with Gasteiger partial charge < -0.3 is 33.9 Å². The van der Waals surface area contributed by atoms with Gasteiger partial charge in [-0.15, -0.1) is 45.3 Å². The van der Waals surface area contributed by atoms with Gasteiger partial charge in [-0.3, -0.25) is 9.59 Å². The molecule has 6 heterocycles. The van der Waals surface area contributed by atoms with Crippen LogP contribution in [0.2, 0.25) is 24.2 Å². The Morgan fingerprint density at radius 2 is 0.605 bits per heavy atom. The van der Waals surface area contributed by atoms with E-state index in [4.69, 9.17) is 25.5 Å². The maximum atomic E-state index is 12.1. The van der Waals surface area contributed by atoms with Gasteiger partial charge in [0.25, 0.3) is 5.70 Å². The van der Waals surface area contributed by atoms with E-state index >= 15 is 0 Å². The molecule has 1 N–H and O–H groups in total. The van der Waals surface area contributed by atoms with Crippen molar-refractivity contribution in [3.63, 3.8) is 0 Å². The number of hydrogen-bond acceptors (Lipinski definition) is 12. The molecule has 2 aliphatic rings. The minimum atomic E-state index is -2.17. The molecule has 0 unspecified atom stereocenters. The summed E-state index contributed by atoms with van der Waals surface area (Å²) in [6, 6.07) is 67.0. The third-order valence-corrected chi connectivity index (χ3v) is 40.4. The zero-order valence-corrected chi connectivity index (χ0v) is 86.8. The van der Waals surface area contributed by atoms with E-state index in [1.54, 1.807) is 44.3 Å². The van der Waals surface area contributed by atoms with Gasteiger partial charge in [0.1, 0.15) is 39.1 Å². The second-order valence-corrected chi connectivity index (χ2v) is 62.4. The topological polar surface area (TPSA) is 102 Å². The van der Waals surface area contributed by atoms with Crippen LogP contribution in [0.15, 0.2) is 176 Å². The summed E-state index contributed by atoms with van der Waals surface area (Å²) in [6.45, 7) is 28.6. The zero-order chi connectivity index (χ0) is 87.7. The smallest absolute Gasteiger partial charge is 0.333 e. The Kier molecular flexibility index (Phi) is 43.9. The average Bonchev–Trinajstić information content (AvgIpc) is 1.55. The number of fused-ring (bicyclic) bond motifs is 6. The van der Waals surface area contributed by atoms with Gasteiger partial charge in [0.2, 0.25) is 0 Å². The largest absolute Gasteiger partial charge is 0.494 e. The number of thiophene rings is 4. The number of carboxylic acid groups (broad SMARTS) is 1. The van der Waals surface area contributed by atoms with Gasteiger partial charge in [0.05, 0.1) is 37.9 Å². The minimum Gasteiger partial charge on any atom is -0.494 e. The number of unbranched alkanes of at least 4 members (excludes halogenated alkanes) is 24. The molecule has 0 fully saturated rings. The van der Waals surface area contributed by atoms with Gasteiger partial charge in [-0.2, -0.15) is 0 Å². The Labute approximate surface area is 792 Å². The molecule has 0 bridgehead atoms. The van der Waals surface area contributed by atoms with Gasteiger partial charge in [0, 0.05) is 68.3 Å². The number of anilines is 6. The van der Waals surface area contributed by atoms with Crippen molar-refractivity contribution in [3.8, 4) is 63.4 Å². The summed E-state index contributed by atoms with van der Waals surface area (Å²) in [5, 5.41) is 16.0. The van der Waals surface area contributed by atoms with Gasteiger partial charge in [-0.25, -0.2) is 4.85 Å². The number of rotatable bonds is 55. The molecule has 4 aromatic heterocycles. The first kappa shape index (κ1) is 100. The predicted octanol–water partition coefficient (Wildman–Crippen LogP) is 30.1. The van der Waals surface area contributed by atoms with Crippen molar-refractivity contribution in [1.82, 2.24) is 0 Å². The summed E-state index contributed by atoms with van der Waals surface area (Å²) in [5.74, 6) is 2.45. The Morgan fingerprint density at radius 3 is 0.863 bits per heavy atom. The van der Waals surface area contributed by atoms with E-state index in [9.17, 15) is 14.7 Å². The molecule has 0 aliphatic carbocycles. The molecule has 0 spiro atoms. The maximum absolute atomic E-state index is 12.1. The summed E-state index contributed by atoms with van der Waals surface area (Å²) < 4.78 is 24.5. The van der Waals surface area contributed by atoms with Crippen molar-refractivity contribution in [2.45, 2.75) is 285 Å². The van der Waals surface area contributed by atoms with Crippen LogP contribution in [0.5, 0.6) is 23.0 Å². The number of carbonyl (C=O) groups is 2. The summed E-state index contributed by atoms with van der Waals surface area (Å²) in [4.78, 5) is 42.0. The molecule has 19 heteroatoms. The number of carbonyl (C=O) groups excluding carboxylic acids is 1. The van der Waals surface area contributed by atoms with E-state index in [2.05, 4.69) is 277 Å². The number of aldehydes is 1. The number of ether oxygens (including phenoxy) is 4. The molecular formula is C105H135I3N3O7S4Si2-. The molecule has 2 aliphatic heterocycles. The van der Waals surface area contributed by atoms with Gasteiger partial charge >= 0.3 is 56.5 Å². The Morgan fingerprint density at radius 1 is 0.363 bits per heavy atom. The third kappa shape index (κ3) is 28.0. The van der Waals surface area contributed by atoms with Gasteiger partial charge in [-0.1, -0.05) is 259 Å². The Hall–Kier alpha value is -6.09. The molecule has 6 aromatic carbocycles. The molecule has 0 amide bonds. The monoisotopic (exact) mass is 2110 g/mol. The van der Waals surface area contributed by atoms with E-state index in [1.807, 2.05) is 22.7 Å². The first-order chi connectivity index (χ1) is 60.8. The molecule has 10 aromatic rings. The van der Waals surface area contributed by atoms with Crippen LogP contribution >= 0.6 is 82.6 Å². The van der Waals surface area contributed by atoms with Crippen LogP contribution in [0, 0.1) is 6.57 Å². The van der Waals surface area contributed by atoms with E-state index < -0.39 is 22.1 Å². The van der Waals surface area contributed by atoms with Crippen molar-refractivity contribution in [1.29, 1.82) is 0 Å². The fourth-order valence-electron chi connectivity index (χ4n) is 17.5. The van der Waals surface area contributed by atoms with Crippen LogP contribution in [-0.4, -0.2) is 59.9 Å². The molecule has 0 atom stereocenters. The Balaban J connectivity index is 0.000000252. The minimum absolute atomic E-state index is 0.224. The van der Waals surface area contributed by atoms with Crippen LogP contribution in [0.25, 0.3) is 51.3 Å². The molecule has 0 saturated carbocycles. The zero-order valence-electron chi connectivity index (χ0n) is 75.1. The quantitative estimate of drug-likeness (QED) is 0.00997. The molecule has 0 saturated heterocycles. The van der Waals surface area contributed by atoms with Crippen molar-refractivity contribution in [2.75, 3.05) is 36.2 Å². The number of benzene rings is 6. The van der Waals surface area contributed by atoms with E-state index in [0.29, 0.717) is 13.3 Å². The molecule has 124 heavy (non-hydrogen) atoms. The number of halogens is 3. The second kappa shape index (κ2) is 54.4. The molecule has 10 nitrogen and oxygen atoms in total. The summed E-state index contributed by atoms with van der Waals surface area (Å²) in [6.07, 6.45) is 41.8. The number of nitrogens with zero attached hydrogens (tertiary/aromatic N) is 3. The van der Waals surface area contributed by atoms with Crippen molar-refractivity contribution in [2.24, 2.45) is 0 Å². The van der Waals surface area contributed by atoms with Crippen LogP contribution < -0.4 is 62.7 Å². The first-order valence-corrected chi connectivity index (χ1v) is 67.4. The number of hydrogen-bond donors (Lipinski definition) is 1. The van der Waals surface area contributed by atoms with Crippen molar-refractivity contribution < 1.29 is 46.9 Å². The summed E-state index contributed by atoms with van der Waals surface area (Å²) in [5.41, 5.74) is 8.73. The van der Waals surface area contributed by atoms with Crippen molar-refractivity contribution >= 4 is 172 Å². The Bertz CT molecular complexity index is 4720. The van der Waals surface area contributed by atoms with Crippen LogP contribution in [0.3, 0.4) is 0 Å². The fraction of sp³-hybridized carbons (Fsp3) is 0.457. The summed E-state index contributed by atoms with van der Waals surface area (Å²) in [7, 11) is -4.18. The first-order valence-electron chi connectivity index (χ1n) is 46.8. The number of aliphatic carboxylic acids is 1. The fourth-order valence-corrected chi connectivity index (χ4v) is 36.2. The molecular weight excluding hydrogens is 1980 g/mol. The molecule has 666 valence electrons. The third-order valence-electron chi connectivity index (χ3n) is 24.3. The van der Waals surface area contributed by atoms with E-state index in [0.717, 1.165) is 125 Å². The van der Waals surface area contributed by atoms with Crippen LogP contribution in [0.4, 0.5) is 34.1 Å². The van der Waals surface area contributed by atoms with Gasteiger partial charge in [0.15, 0.2) is 6.29 Å². The molecule has 12 rings (SSSR count). The molecule has 0 radical (unpaired) electrons. The van der Waals surface area contributed by atoms with Crippen LogP contribution in [-0.2, 0) is 4.79 Å². The van der Waals surface area contributed by atoms with Crippen LogP contribution in [0.1, 0.15) is 275 Å². The van der Waals surface area contributed by atoms with E-state index in [-0.39, 0.29) is 5.70 Å². The number of carboxylic acids is 1.